The van der Waals surface area contributed by atoms with Crippen LogP contribution in [-0.2, 0) is 16.1 Å². The molecule has 6 nitrogen and oxygen atoms in total. The van der Waals surface area contributed by atoms with Crippen LogP contribution in [0.25, 0.3) is 0 Å². The molecule has 1 aromatic carbocycles. The maximum absolute atomic E-state index is 12.5. The summed E-state index contributed by atoms with van der Waals surface area (Å²) in [6.07, 6.45) is 0.192. The first-order valence-electron chi connectivity index (χ1n) is 8.04. The second-order valence-electron chi connectivity index (χ2n) is 6.11. The van der Waals surface area contributed by atoms with E-state index in [0.29, 0.717) is 26.2 Å². The van der Waals surface area contributed by atoms with Gasteiger partial charge in [0.25, 0.3) is 0 Å². The molecule has 1 aromatic rings. The molecule has 1 fully saturated rings. The van der Waals surface area contributed by atoms with Gasteiger partial charge in [-0.05, 0) is 19.7 Å². The summed E-state index contributed by atoms with van der Waals surface area (Å²) >= 11 is 0. The van der Waals surface area contributed by atoms with Crippen LogP contribution in [0.15, 0.2) is 30.3 Å². The summed E-state index contributed by atoms with van der Waals surface area (Å²) < 4.78 is 0. The Labute approximate surface area is 150 Å². The number of nitrogens with zero attached hydrogens (tertiary/aromatic N) is 2. The largest absolute Gasteiger partial charge is 0.355 e. The van der Waals surface area contributed by atoms with Crippen molar-refractivity contribution in [2.75, 3.05) is 40.3 Å². The predicted octanol–water partition coefficient (Wildman–Crippen LogP) is 0.477. The van der Waals surface area contributed by atoms with Crippen molar-refractivity contribution in [1.82, 2.24) is 20.4 Å². The second kappa shape index (κ2) is 10.3. The number of carbonyl (C=O) groups is 2. The molecule has 1 aliphatic rings. The molecular weight excluding hydrogens is 328 g/mol. The maximum atomic E-state index is 12.5. The minimum absolute atomic E-state index is 0. The lowest BCUT2D eigenvalue weighted by Crippen LogP contribution is -2.56. The molecule has 2 rings (SSSR count). The van der Waals surface area contributed by atoms with Gasteiger partial charge < -0.3 is 20.4 Å². The molecule has 1 unspecified atom stereocenters. The van der Waals surface area contributed by atoms with E-state index in [1.165, 1.54) is 0 Å². The van der Waals surface area contributed by atoms with Gasteiger partial charge in [0, 0.05) is 32.7 Å². The summed E-state index contributed by atoms with van der Waals surface area (Å²) in [5.74, 6) is -0.0814. The molecule has 0 saturated carbocycles. The first kappa shape index (κ1) is 20.4. The summed E-state index contributed by atoms with van der Waals surface area (Å²) in [7, 11) is 3.92. The molecule has 134 valence electrons. The third kappa shape index (κ3) is 6.47. The van der Waals surface area contributed by atoms with Gasteiger partial charge in [0.05, 0.1) is 12.5 Å². The molecule has 0 spiro atoms. The van der Waals surface area contributed by atoms with E-state index >= 15 is 0 Å². The van der Waals surface area contributed by atoms with Crippen molar-refractivity contribution in [2.45, 2.75) is 19.0 Å². The number of likely N-dealkylation sites (N-methyl/N-ethyl adjacent to an activating group) is 1. The second-order valence-corrected chi connectivity index (χ2v) is 6.11. The Hall–Kier alpha value is -1.63. The molecule has 7 heteroatoms. The van der Waals surface area contributed by atoms with Gasteiger partial charge in [-0.15, -0.1) is 12.4 Å². The molecule has 24 heavy (non-hydrogen) atoms. The summed E-state index contributed by atoms with van der Waals surface area (Å²) in [4.78, 5) is 28.3. The fraction of sp³-hybridized carbons (Fsp3) is 0.529. The van der Waals surface area contributed by atoms with Crippen LogP contribution in [0.3, 0.4) is 0 Å². The van der Waals surface area contributed by atoms with Gasteiger partial charge >= 0.3 is 0 Å². The van der Waals surface area contributed by atoms with E-state index in [1.54, 1.807) is 0 Å². The van der Waals surface area contributed by atoms with Gasteiger partial charge in [-0.25, -0.2) is 0 Å². The van der Waals surface area contributed by atoms with Crippen molar-refractivity contribution in [1.29, 1.82) is 0 Å². The quantitative estimate of drug-likeness (QED) is 0.747. The Bertz CT molecular complexity index is 525. The summed E-state index contributed by atoms with van der Waals surface area (Å²) in [5, 5.41) is 6.01. The van der Waals surface area contributed by atoms with E-state index in [-0.39, 0.29) is 30.6 Å². The van der Waals surface area contributed by atoms with Gasteiger partial charge in [0.1, 0.15) is 0 Å². The smallest absolute Gasteiger partial charge is 0.240 e. The highest BCUT2D eigenvalue weighted by atomic mass is 35.5. The van der Waals surface area contributed by atoms with Crippen LogP contribution in [0, 0.1) is 0 Å². The van der Waals surface area contributed by atoms with Crippen LogP contribution in [0.4, 0.5) is 0 Å². The molecule has 0 radical (unpaired) electrons. The first-order valence-corrected chi connectivity index (χ1v) is 8.04. The lowest BCUT2D eigenvalue weighted by atomic mass is 10.1. The molecule has 1 saturated heterocycles. The van der Waals surface area contributed by atoms with Crippen molar-refractivity contribution in [3.8, 4) is 0 Å². The molecule has 0 bridgehead atoms. The van der Waals surface area contributed by atoms with Crippen LogP contribution in [0.1, 0.15) is 12.0 Å². The number of halogens is 1. The number of hydrogen-bond donors (Lipinski definition) is 2. The molecule has 0 aliphatic carbocycles. The SMILES string of the molecule is CN(C)CCNC(=O)CC1NCCN(Cc2ccccc2)C1=O.Cl. The zero-order valence-electron chi connectivity index (χ0n) is 14.3. The summed E-state index contributed by atoms with van der Waals surface area (Å²) in [6.45, 7) is 3.37. The zero-order valence-corrected chi connectivity index (χ0v) is 15.1. The van der Waals surface area contributed by atoms with Gasteiger partial charge in [-0.2, -0.15) is 0 Å². The number of hydrogen-bond acceptors (Lipinski definition) is 4. The third-order valence-corrected chi connectivity index (χ3v) is 3.87. The van der Waals surface area contributed by atoms with E-state index in [0.717, 1.165) is 12.1 Å². The van der Waals surface area contributed by atoms with Crippen molar-refractivity contribution >= 4 is 24.2 Å². The van der Waals surface area contributed by atoms with Crippen LogP contribution in [-0.4, -0.2) is 67.9 Å². The molecule has 1 heterocycles. The molecule has 1 aliphatic heterocycles. The summed E-state index contributed by atoms with van der Waals surface area (Å²) in [5.41, 5.74) is 1.11. The zero-order chi connectivity index (χ0) is 16.7. The van der Waals surface area contributed by atoms with E-state index in [9.17, 15) is 9.59 Å². The fourth-order valence-electron chi connectivity index (χ4n) is 2.59. The standard InChI is InChI=1S/C17H26N4O2.ClH/c1-20(2)10-8-19-16(22)12-15-17(23)21(11-9-18-15)13-14-6-4-3-5-7-14;/h3-7,15,18H,8-13H2,1-2H3,(H,19,22);1H. The highest BCUT2D eigenvalue weighted by Gasteiger charge is 2.29. The Kier molecular flexibility index (Phi) is 8.74. The van der Waals surface area contributed by atoms with Crippen LogP contribution >= 0.6 is 12.4 Å². The minimum atomic E-state index is -0.424. The number of rotatable bonds is 7. The average molecular weight is 355 g/mol. The van der Waals surface area contributed by atoms with Crippen molar-refractivity contribution < 1.29 is 9.59 Å². The lowest BCUT2D eigenvalue weighted by molar-refractivity contribution is -0.138. The number of carbonyl (C=O) groups excluding carboxylic acids is 2. The number of nitrogens with one attached hydrogen (secondary N) is 2. The fourth-order valence-corrected chi connectivity index (χ4v) is 2.59. The van der Waals surface area contributed by atoms with Crippen molar-refractivity contribution in [2.24, 2.45) is 0 Å². The highest BCUT2D eigenvalue weighted by molar-refractivity contribution is 5.88. The predicted molar refractivity (Wildman–Crippen MR) is 97.1 cm³/mol. The molecule has 2 amide bonds. The van der Waals surface area contributed by atoms with Gasteiger partial charge in [-0.3, -0.25) is 9.59 Å². The van der Waals surface area contributed by atoms with Crippen molar-refractivity contribution in [3.63, 3.8) is 0 Å². The monoisotopic (exact) mass is 354 g/mol. The van der Waals surface area contributed by atoms with E-state index in [2.05, 4.69) is 10.6 Å². The first-order chi connectivity index (χ1) is 11.1. The number of amides is 2. The molecule has 0 aromatic heterocycles. The van der Waals surface area contributed by atoms with Crippen LogP contribution in [0.5, 0.6) is 0 Å². The molecule has 2 N–H and O–H groups in total. The average Bonchev–Trinajstić information content (AvgIpc) is 2.52. The normalized spacial score (nSPS) is 17.5. The van der Waals surface area contributed by atoms with Gasteiger partial charge in [0.15, 0.2) is 0 Å². The highest BCUT2D eigenvalue weighted by Crippen LogP contribution is 2.10. The van der Waals surface area contributed by atoms with E-state index in [1.807, 2.05) is 54.2 Å². The van der Waals surface area contributed by atoms with E-state index in [4.69, 9.17) is 0 Å². The Morgan fingerprint density at radius 2 is 2.04 bits per heavy atom. The number of piperazine rings is 1. The van der Waals surface area contributed by atoms with Gasteiger partial charge in [-0.1, -0.05) is 30.3 Å². The lowest BCUT2D eigenvalue weighted by Gasteiger charge is -2.33. The molecular formula is C17H27ClN4O2. The third-order valence-electron chi connectivity index (χ3n) is 3.87. The van der Waals surface area contributed by atoms with Crippen molar-refractivity contribution in [3.05, 3.63) is 35.9 Å². The minimum Gasteiger partial charge on any atom is -0.355 e. The Morgan fingerprint density at radius 1 is 1.33 bits per heavy atom. The molecule has 1 atom stereocenters. The van der Waals surface area contributed by atoms with Crippen LogP contribution < -0.4 is 10.6 Å². The van der Waals surface area contributed by atoms with Gasteiger partial charge in [0.2, 0.25) is 11.8 Å². The maximum Gasteiger partial charge on any atom is 0.240 e. The van der Waals surface area contributed by atoms with E-state index < -0.39 is 6.04 Å². The Balaban J connectivity index is 0.00000288. The Morgan fingerprint density at radius 3 is 2.71 bits per heavy atom. The number of benzene rings is 1. The topological polar surface area (TPSA) is 64.7 Å². The summed E-state index contributed by atoms with van der Waals surface area (Å²) in [6, 6.07) is 9.50. The van der Waals surface area contributed by atoms with Crippen LogP contribution in [0.2, 0.25) is 0 Å².